The van der Waals surface area contributed by atoms with Crippen LogP contribution in [0.15, 0.2) is 48.5 Å². The van der Waals surface area contributed by atoms with E-state index in [0.717, 1.165) is 73.9 Å². The zero-order valence-corrected chi connectivity index (χ0v) is 23.2. The van der Waals surface area contributed by atoms with Crippen LogP contribution in [0.2, 0.25) is 0 Å². The number of aliphatic hydroxyl groups excluding tert-OH is 2. The fraction of sp³-hybridized carbons (Fsp3) is 0.600. The maximum atomic E-state index is 9.18. The van der Waals surface area contributed by atoms with Crippen molar-refractivity contribution in [1.82, 2.24) is 0 Å². The van der Waals surface area contributed by atoms with Crippen LogP contribution < -0.4 is 9.80 Å². The summed E-state index contributed by atoms with van der Waals surface area (Å²) in [5.41, 5.74) is 5.24. The van der Waals surface area contributed by atoms with Crippen LogP contribution in [0.25, 0.3) is 0 Å². The van der Waals surface area contributed by atoms with Gasteiger partial charge in [-0.25, -0.2) is 0 Å². The van der Waals surface area contributed by atoms with E-state index in [2.05, 4.69) is 86.5 Å². The zero-order chi connectivity index (χ0) is 26.0. The van der Waals surface area contributed by atoms with Gasteiger partial charge in [-0.05, 0) is 49.9 Å². The van der Waals surface area contributed by atoms with Gasteiger partial charge in [-0.1, -0.05) is 24.3 Å². The summed E-state index contributed by atoms with van der Waals surface area (Å²) in [4.78, 5) is 5.04. The fourth-order valence-electron chi connectivity index (χ4n) is 5.42. The third kappa shape index (κ3) is 7.94. The molecule has 0 aromatic heterocycles. The summed E-state index contributed by atoms with van der Waals surface area (Å²) in [6.45, 7) is 6.90. The number of unbranched alkanes of at least 4 members (excludes halogenated alkanes) is 2. The van der Waals surface area contributed by atoms with E-state index >= 15 is 0 Å². The first kappa shape index (κ1) is 28.5. The molecule has 2 N–H and O–H groups in total. The number of para-hydroxylation sites is 4. The van der Waals surface area contributed by atoms with Gasteiger partial charge in [0, 0.05) is 39.1 Å². The molecule has 0 saturated carbocycles. The molecule has 1 aliphatic heterocycles. The summed E-state index contributed by atoms with van der Waals surface area (Å²) in [5.74, 6) is 0. The number of quaternary nitrogens is 2. The molecule has 0 amide bonds. The van der Waals surface area contributed by atoms with Gasteiger partial charge in [-0.3, -0.25) is 0 Å². The molecular formula is C30H50N4O2+2. The molecule has 0 aliphatic carbocycles. The van der Waals surface area contributed by atoms with Gasteiger partial charge in [0.25, 0.3) is 0 Å². The number of aliphatic hydroxyl groups is 2. The smallest absolute Gasteiger partial charge is 0.0804 e. The minimum Gasteiger partial charge on any atom is -0.396 e. The first-order valence-corrected chi connectivity index (χ1v) is 13.9. The highest BCUT2D eigenvalue weighted by atomic mass is 16.3. The minimum atomic E-state index is 0.278. The van der Waals surface area contributed by atoms with Crippen molar-refractivity contribution in [2.75, 3.05) is 90.5 Å². The van der Waals surface area contributed by atoms with E-state index in [1.165, 1.54) is 35.6 Å². The standard InChI is InChI=1S/C30H50N4O2/c1-33(2,23-13-25-35)21-11-9-19-31-27-15-5-7-17-29(27)32(30-18-8-6-16-28(30)31)20-10-12-22-34(3,4)24-14-26-36/h5-8,15-18,35-36H,9-14,19-26H2,1-4H3/q+2. The molecular weight excluding hydrogens is 448 g/mol. The number of rotatable bonds is 16. The van der Waals surface area contributed by atoms with E-state index in [9.17, 15) is 10.2 Å². The molecule has 0 unspecified atom stereocenters. The molecule has 0 atom stereocenters. The number of fused-ring (bicyclic) bond motifs is 2. The van der Waals surface area contributed by atoms with Gasteiger partial charge in [0.15, 0.2) is 0 Å². The molecule has 200 valence electrons. The topological polar surface area (TPSA) is 46.9 Å². The zero-order valence-electron chi connectivity index (χ0n) is 23.2. The third-order valence-corrected chi connectivity index (χ3v) is 7.56. The summed E-state index contributed by atoms with van der Waals surface area (Å²) in [6, 6.07) is 17.7. The Morgan fingerprint density at radius 2 is 0.806 bits per heavy atom. The lowest BCUT2D eigenvalue weighted by atomic mass is 10.1. The van der Waals surface area contributed by atoms with Gasteiger partial charge in [0.1, 0.15) is 0 Å². The van der Waals surface area contributed by atoms with Crippen LogP contribution in [0.5, 0.6) is 0 Å². The van der Waals surface area contributed by atoms with E-state index in [-0.39, 0.29) is 13.2 Å². The molecule has 6 heteroatoms. The van der Waals surface area contributed by atoms with Gasteiger partial charge in [-0.15, -0.1) is 0 Å². The Kier molecular flexibility index (Phi) is 10.6. The lowest BCUT2D eigenvalue weighted by Crippen LogP contribution is -2.42. The van der Waals surface area contributed by atoms with E-state index in [4.69, 9.17) is 0 Å². The van der Waals surface area contributed by atoms with Crippen molar-refractivity contribution in [2.45, 2.75) is 38.5 Å². The molecule has 2 aromatic carbocycles. The van der Waals surface area contributed by atoms with Crippen LogP contribution in [0, 0.1) is 0 Å². The first-order valence-electron chi connectivity index (χ1n) is 13.9. The van der Waals surface area contributed by atoms with Crippen molar-refractivity contribution in [3.63, 3.8) is 0 Å². The average Bonchev–Trinajstić information content (AvgIpc) is 2.87. The van der Waals surface area contributed by atoms with Crippen LogP contribution >= 0.6 is 0 Å². The molecule has 0 radical (unpaired) electrons. The average molecular weight is 499 g/mol. The molecule has 1 heterocycles. The third-order valence-electron chi connectivity index (χ3n) is 7.56. The van der Waals surface area contributed by atoms with Crippen LogP contribution in [0.3, 0.4) is 0 Å². The number of benzene rings is 2. The van der Waals surface area contributed by atoms with Gasteiger partial charge in [0.2, 0.25) is 0 Å². The van der Waals surface area contributed by atoms with E-state index < -0.39 is 0 Å². The van der Waals surface area contributed by atoms with Crippen LogP contribution in [0.1, 0.15) is 38.5 Å². The molecule has 2 aromatic rings. The quantitative estimate of drug-likeness (QED) is 0.259. The molecule has 0 bridgehead atoms. The van der Waals surface area contributed by atoms with Crippen molar-refractivity contribution in [2.24, 2.45) is 0 Å². The van der Waals surface area contributed by atoms with Crippen molar-refractivity contribution < 1.29 is 19.2 Å². The summed E-state index contributed by atoms with van der Waals surface area (Å²) in [5, 5.41) is 18.4. The Hall–Kier alpha value is -2.12. The molecule has 6 nitrogen and oxygen atoms in total. The molecule has 0 spiro atoms. The van der Waals surface area contributed by atoms with E-state index in [1.54, 1.807) is 0 Å². The summed E-state index contributed by atoms with van der Waals surface area (Å²) in [6.07, 6.45) is 6.37. The lowest BCUT2D eigenvalue weighted by Gasteiger charge is -2.40. The predicted molar refractivity (Wildman–Crippen MR) is 152 cm³/mol. The second-order valence-corrected chi connectivity index (χ2v) is 11.6. The normalized spacial score (nSPS) is 13.6. The first-order chi connectivity index (χ1) is 17.3. The van der Waals surface area contributed by atoms with Crippen molar-refractivity contribution in [3.05, 3.63) is 48.5 Å². The summed E-state index contributed by atoms with van der Waals surface area (Å²) >= 11 is 0. The maximum Gasteiger partial charge on any atom is 0.0804 e. The van der Waals surface area contributed by atoms with Crippen molar-refractivity contribution in [3.8, 4) is 0 Å². The molecule has 0 fully saturated rings. The van der Waals surface area contributed by atoms with E-state index in [1.807, 2.05) is 0 Å². The Bertz CT molecular complexity index is 809. The lowest BCUT2D eigenvalue weighted by molar-refractivity contribution is -0.890. The Morgan fingerprint density at radius 3 is 1.11 bits per heavy atom. The highest BCUT2D eigenvalue weighted by Gasteiger charge is 2.27. The molecule has 0 saturated heterocycles. The van der Waals surface area contributed by atoms with Crippen LogP contribution in [-0.4, -0.2) is 99.9 Å². The molecule has 3 rings (SSSR count). The van der Waals surface area contributed by atoms with Crippen LogP contribution in [-0.2, 0) is 0 Å². The SMILES string of the molecule is C[N+](C)(CCCO)CCCCN1c2ccccc2N(CCCC[N+](C)(C)CCCO)c2ccccc21. The highest BCUT2D eigenvalue weighted by molar-refractivity contribution is 5.93. The largest absolute Gasteiger partial charge is 0.396 e. The van der Waals surface area contributed by atoms with Gasteiger partial charge in [-0.2, -0.15) is 0 Å². The van der Waals surface area contributed by atoms with Crippen molar-refractivity contribution >= 4 is 22.7 Å². The number of nitrogens with zero attached hydrogens (tertiary/aromatic N) is 4. The minimum absolute atomic E-state index is 0.278. The maximum absolute atomic E-state index is 9.18. The number of hydrogen-bond donors (Lipinski definition) is 2. The highest BCUT2D eigenvalue weighted by Crippen LogP contribution is 2.47. The second-order valence-electron chi connectivity index (χ2n) is 11.6. The number of hydrogen-bond acceptors (Lipinski definition) is 4. The van der Waals surface area contributed by atoms with Crippen LogP contribution in [0.4, 0.5) is 22.7 Å². The number of anilines is 4. The van der Waals surface area contributed by atoms with E-state index in [0.29, 0.717) is 0 Å². The predicted octanol–water partition coefficient (Wildman–Crippen LogP) is 4.75. The summed E-state index contributed by atoms with van der Waals surface area (Å²) in [7, 11) is 9.08. The van der Waals surface area contributed by atoms with Gasteiger partial charge < -0.3 is 29.0 Å². The van der Waals surface area contributed by atoms with Gasteiger partial charge >= 0.3 is 0 Å². The molecule has 36 heavy (non-hydrogen) atoms. The Labute approximate surface area is 219 Å². The Balaban J connectivity index is 1.66. The Morgan fingerprint density at radius 1 is 0.500 bits per heavy atom. The fourth-order valence-corrected chi connectivity index (χ4v) is 5.42. The van der Waals surface area contributed by atoms with Crippen molar-refractivity contribution in [1.29, 1.82) is 0 Å². The summed E-state index contributed by atoms with van der Waals surface area (Å²) < 4.78 is 1.94. The second kappa shape index (κ2) is 13.4. The monoisotopic (exact) mass is 498 g/mol. The molecule has 1 aliphatic rings. The van der Waals surface area contributed by atoms with Gasteiger partial charge in [0.05, 0.1) is 77.1 Å².